The largest absolute Gasteiger partial charge is 0.493 e. The Balaban J connectivity index is 3.05. The Hall–Kier alpha value is -1.42. The van der Waals surface area contributed by atoms with Crippen LogP contribution < -0.4 is 14.2 Å². The van der Waals surface area contributed by atoms with Gasteiger partial charge in [-0.25, -0.2) is 0 Å². The molecule has 0 fully saturated rings. The molecule has 0 aromatic heterocycles. The summed E-state index contributed by atoms with van der Waals surface area (Å²) in [6.45, 7) is 1.77. The zero-order valence-electron chi connectivity index (χ0n) is 10.8. The summed E-state index contributed by atoms with van der Waals surface area (Å²) in [5.74, 6) is 1.91. The van der Waals surface area contributed by atoms with Gasteiger partial charge in [0.05, 0.1) is 27.4 Å². The zero-order valence-corrected chi connectivity index (χ0v) is 10.8. The van der Waals surface area contributed by atoms with Crippen LogP contribution in [0, 0.1) is 0 Å². The first kappa shape index (κ1) is 13.6. The van der Waals surface area contributed by atoms with Crippen molar-refractivity contribution in [2.45, 2.75) is 25.9 Å². The van der Waals surface area contributed by atoms with Crippen LogP contribution in [0.3, 0.4) is 0 Å². The number of aliphatic hydroxyl groups excluding tert-OH is 1. The van der Waals surface area contributed by atoms with Gasteiger partial charge in [0.15, 0.2) is 11.5 Å². The molecule has 0 unspecified atom stereocenters. The quantitative estimate of drug-likeness (QED) is 0.826. The second-order valence-corrected chi connectivity index (χ2v) is 3.88. The van der Waals surface area contributed by atoms with Gasteiger partial charge in [-0.1, -0.05) is 6.07 Å². The maximum atomic E-state index is 9.31. The minimum Gasteiger partial charge on any atom is -0.493 e. The molecule has 0 aliphatic carbocycles. The Morgan fingerprint density at radius 2 is 1.71 bits per heavy atom. The van der Waals surface area contributed by atoms with E-state index in [1.54, 1.807) is 28.3 Å². The molecular weight excluding hydrogens is 220 g/mol. The molecule has 0 saturated carbocycles. The van der Waals surface area contributed by atoms with Gasteiger partial charge in [0.2, 0.25) is 5.75 Å². The Kier molecular flexibility index (Phi) is 5.10. The van der Waals surface area contributed by atoms with Crippen molar-refractivity contribution >= 4 is 0 Å². The normalized spacial score (nSPS) is 12.1. The average Bonchev–Trinajstić information content (AvgIpc) is 2.34. The SMILES string of the molecule is COc1ccc(CC[C@H](C)O)c(OC)c1OC. The summed E-state index contributed by atoms with van der Waals surface area (Å²) >= 11 is 0. The third kappa shape index (κ3) is 3.27. The topological polar surface area (TPSA) is 47.9 Å². The molecule has 0 saturated heterocycles. The minimum atomic E-state index is -0.326. The lowest BCUT2D eigenvalue weighted by Crippen LogP contribution is -2.04. The van der Waals surface area contributed by atoms with Crippen LogP contribution in [0.4, 0.5) is 0 Å². The van der Waals surface area contributed by atoms with E-state index in [1.807, 2.05) is 12.1 Å². The smallest absolute Gasteiger partial charge is 0.203 e. The van der Waals surface area contributed by atoms with Crippen LogP contribution >= 0.6 is 0 Å². The van der Waals surface area contributed by atoms with E-state index in [2.05, 4.69) is 0 Å². The van der Waals surface area contributed by atoms with Crippen molar-refractivity contribution in [1.29, 1.82) is 0 Å². The van der Waals surface area contributed by atoms with Crippen LogP contribution in [0.5, 0.6) is 17.2 Å². The fourth-order valence-electron chi connectivity index (χ4n) is 1.72. The average molecular weight is 240 g/mol. The molecule has 0 aliphatic heterocycles. The predicted molar refractivity (Wildman–Crippen MR) is 66.1 cm³/mol. The van der Waals surface area contributed by atoms with E-state index in [9.17, 15) is 5.11 Å². The number of rotatable bonds is 6. The lowest BCUT2D eigenvalue weighted by Gasteiger charge is -2.16. The first-order valence-electron chi connectivity index (χ1n) is 5.60. The van der Waals surface area contributed by atoms with Gasteiger partial charge in [-0.3, -0.25) is 0 Å². The molecule has 1 N–H and O–H groups in total. The van der Waals surface area contributed by atoms with Crippen molar-refractivity contribution in [3.8, 4) is 17.2 Å². The van der Waals surface area contributed by atoms with Crippen LogP contribution in [-0.2, 0) is 6.42 Å². The fourth-order valence-corrected chi connectivity index (χ4v) is 1.72. The number of ether oxygens (including phenoxy) is 3. The molecule has 0 aliphatic rings. The van der Waals surface area contributed by atoms with Gasteiger partial charge in [-0.2, -0.15) is 0 Å². The van der Waals surface area contributed by atoms with Crippen molar-refractivity contribution in [3.63, 3.8) is 0 Å². The summed E-state index contributed by atoms with van der Waals surface area (Å²) in [5.41, 5.74) is 1.01. The molecule has 4 heteroatoms. The molecule has 1 atom stereocenters. The lowest BCUT2D eigenvalue weighted by atomic mass is 10.1. The van der Waals surface area contributed by atoms with E-state index >= 15 is 0 Å². The molecule has 0 amide bonds. The van der Waals surface area contributed by atoms with Crippen LogP contribution in [0.15, 0.2) is 12.1 Å². The number of hydrogen-bond acceptors (Lipinski definition) is 4. The number of methoxy groups -OCH3 is 3. The highest BCUT2D eigenvalue weighted by Gasteiger charge is 2.15. The molecule has 1 aromatic rings. The third-order valence-electron chi connectivity index (χ3n) is 2.62. The molecule has 1 aromatic carbocycles. The molecule has 4 nitrogen and oxygen atoms in total. The van der Waals surface area contributed by atoms with Gasteiger partial charge in [0.1, 0.15) is 0 Å². The first-order valence-corrected chi connectivity index (χ1v) is 5.60. The van der Waals surface area contributed by atoms with E-state index in [4.69, 9.17) is 14.2 Å². The van der Waals surface area contributed by atoms with Crippen molar-refractivity contribution in [2.75, 3.05) is 21.3 Å². The van der Waals surface area contributed by atoms with Crippen molar-refractivity contribution in [2.24, 2.45) is 0 Å². The Bertz CT molecular complexity index is 361. The minimum absolute atomic E-state index is 0.326. The maximum absolute atomic E-state index is 9.31. The third-order valence-corrected chi connectivity index (χ3v) is 2.62. The summed E-state index contributed by atoms with van der Waals surface area (Å²) in [6, 6.07) is 3.78. The molecule has 96 valence electrons. The lowest BCUT2D eigenvalue weighted by molar-refractivity contribution is 0.184. The van der Waals surface area contributed by atoms with Gasteiger partial charge in [-0.05, 0) is 31.4 Å². The van der Waals surface area contributed by atoms with Gasteiger partial charge < -0.3 is 19.3 Å². The van der Waals surface area contributed by atoms with E-state index in [1.165, 1.54) is 0 Å². The molecular formula is C13H20O4. The molecule has 0 radical (unpaired) electrons. The van der Waals surface area contributed by atoms with Crippen molar-refractivity contribution in [1.82, 2.24) is 0 Å². The van der Waals surface area contributed by atoms with Gasteiger partial charge in [0.25, 0.3) is 0 Å². The standard InChI is InChI=1S/C13H20O4/c1-9(14)5-6-10-7-8-11(15-2)13(17-4)12(10)16-3/h7-9,14H,5-6H2,1-4H3/t9-/m0/s1. The number of hydrogen-bond donors (Lipinski definition) is 1. The first-order chi connectivity index (χ1) is 8.13. The Morgan fingerprint density at radius 1 is 1.06 bits per heavy atom. The highest BCUT2D eigenvalue weighted by atomic mass is 16.5. The summed E-state index contributed by atoms with van der Waals surface area (Å²) in [4.78, 5) is 0. The second kappa shape index (κ2) is 6.35. The van der Waals surface area contributed by atoms with E-state index in [0.29, 0.717) is 23.7 Å². The van der Waals surface area contributed by atoms with E-state index < -0.39 is 0 Å². The summed E-state index contributed by atoms with van der Waals surface area (Å²) in [6.07, 6.45) is 1.10. The maximum Gasteiger partial charge on any atom is 0.203 e. The van der Waals surface area contributed by atoms with E-state index in [-0.39, 0.29) is 6.10 Å². The molecule has 0 spiro atoms. The summed E-state index contributed by atoms with van der Waals surface area (Å²) in [5, 5.41) is 9.31. The number of aryl methyl sites for hydroxylation is 1. The summed E-state index contributed by atoms with van der Waals surface area (Å²) < 4.78 is 15.9. The van der Waals surface area contributed by atoms with Gasteiger partial charge in [0, 0.05) is 0 Å². The second-order valence-electron chi connectivity index (χ2n) is 3.88. The zero-order chi connectivity index (χ0) is 12.8. The Morgan fingerprint density at radius 3 is 2.18 bits per heavy atom. The molecule has 0 bridgehead atoms. The van der Waals surface area contributed by atoms with Crippen molar-refractivity contribution < 1.29 is 19.3 Å². The van der Waals surface area contributed by atoms with Crippen LogP contribution in [-0.4, -0.2) is 32.5 Å². The molecule has 0 heterocycles. The molecule has 17 heavy (non-hydrogen) atoms. The van der Waals surface area contributed by atoms with Crippen LogP contribution in [0.1, 0.15) is 18.9 Å². The monoisotopic (exact) mass is 240 g/mol. The highest BCUT2D eigenvalue weighted by Crippen LogP contribution is 2.40. The molecule has 1 rings (SSSR count). The van der Waals surface area contributed by atoms with Crippen LogP contribution in [0.25, 0.3) is 0 Å². The van der Waals surface area contributed by atoms with Crippen LogP contribution in [0.2, 0.25) is 0 Å². The number of aliphatic hydroxyl groups is 1. The van der Waals surface area contributed by atoms with Gasteiger partial charge in [-0.15, -0.1) is 0 Å². The van der Waals surface area contributed by atoms with E-state index in [0.717, 1.165) is 12.0 Å². The fraction of sp³-hybridized carbons (Fsp3) is 0.538. The predicted octanol–water partition coefficient (Wildman–Crippen LogP) is 2.03. The highest BCUT2D eigenvalue weighted by molar-refractivity contribution is 5.55. The van der Waals surface area contributed by atoms with Crippen molar-refractivity contribution in [3.05, 3.63) is 17.7 Å². The number of benzene rings is 1. The van der Waals surface area contributed by atoms with Gasteiger partial charge >= 0.3 is 0 Å². The Labute approximate surface area is 102 Å². The summed E-state index contributed by atoms with van der Waals surface area (Å²) in [7, 11) is 4.77.